The Hall–Kier alpha value is -0.540. The molecule has 3 heteroatoms. The van der Waals surface area contributed by atoms with Crippen LogP contribution in [0.3, 0.4) is 0 Å². The van der Waals surface area contributed by atoms with E-state index >= 15 is 0 Å². The summed E-state index contributed by atoms with van der Waals surface area (Å²) < 4.78 is 1.13. The number of hydrogen-bond acceptors (Lipinski definition) is 2. The van der Waals surface area contributed by atoms with Crippen LogP contribution in [0.25, 0.3) is 0 Å². The molecule has 1 heterocycles. The van der Waals surface area contributed by atoms with Crippen molar-refractivity contribution in [1.29, 1.82) is 0 Å². The maximum atomic E-state index is 5.95. The lowest BCUT2D eigenvalue weighted by Crippen LogP contribution is -2.39. The van der Waals surface area contributed by atoms with Crippen molar-refractivity contribution >= 4 is 21.6 Å². The fourth-order valence-corrected chi connectivity index (χ4v) is 3.56. The topological polar surface area (TPSA) is 29.3 Å². The van der Waals surface area contributed by atoms with Crippen molar-refractivity contribution in [3.05, 3.63) is 28.2 Å². The van der Waals surface area contributed by atoms with Gasteiger partial charge in [0.1, 0.15) is 0 Å². The first-order valence-electron chi connectivity index (χ1n) is 6.95. The zero-order valence-corrected chi connectivity index (χ0v) is 12.9. The summed E-state index contributed by atoms with van der Waals surface area (Å²) in [6.45, 7) is 5.49. The van der Waals surface area contributed by atoms with E-state index in [1.807, 2.05) is 6.92 Å². The first kappa shape index (κ1) is 13.9. The van der Waals surface area contributed by atoms with Gasteiger partial charge in [-0.25, -0.2) is 0 Å². The molecule has 0 bridgehead atoms. The van der Waals surface area contributed by atoms with E-state index in [0.717, 1.165) is 4.47 Å². The highest BCUT2D eigenvalue weighted by molar-refractivity contribution is 9.10. The molecule has 0 radical (unpaired) electrons. The van der Waals surface area contributed by atoms with Crippen LogP contribution in [-0.4, -0.2) is 12.6 Å². The minimum atomic E-state index is 0.0803. The van der Waals surface area contributed by atoms with Crippen LogP contribution in [-0.2, 0) is 0 Å². The Bertz CT molecular complexity index is 403. The van der Waals surface area contributed by atoms with Gasteiger partial charge in [0.2, 0.25) is 0 Å². The fourth-order valence-electron chi connectivity index (χ4n) is 2.83. The lowest BCUT2D eigenvalue weighted by Gasteiger charge is -2.37. The second-order valence-electron chi connectivity index (χ2n) is 5.25. The van der Waals surface area contributed by atoms with Gasteiger partial charge in [-0.05, 0) is 50.3 Å². The summed E-state index contributed by atoms with van der Waals surface area (Å²) in [6, 6.07) is 7.39. The van der Waals surface area contributed by atoms with E-state index in [4.69, 9.17) is 5.73 Å². The number of hydrogen-bond donors (Lipinski definition) is 1. The molecule has 1 aromatic carbocycles. The van der Waals surface area contributed by atoms with Gasteiger partial charge in [-0.2, -0.15) is 0 Å². The van der Waals surface area contributed by atoms with E-state index in [1.54, 1.807) is 0 Å². The van der Waals surface area contributed by atoms with Crippen LogP contribution in [0, 0.1) is 0 Å². The van der Waals surface area contributed by atoms with E-state index in [1.165, 1.54) is 43.5 Å². The van der Waals surface area contributed by atoms with Crippen molar-refractivity contribution in [2.45, 2.75) is 51.6 Å². The van der Waals surface area contributed by atoms with Gasteiger partial charge in [-0.3, -0.25) is 0 Å². The number of piperidine rings is 1. The number of halogens is 1. The molecule has 1 aromatic rings. The van der Waals surface area contributed by atoms with Gasteiger partial charge in [0, 0.05) is 28.8 Å². The van der Waals surface area contributed by atoms with E-state index in [2.05, 4.69) is 46.0 Å². The quantitative estimate of drug-likeness (QED) is 0.905. The highest BCUT2D eigenvalue weighted by atomic mass is 79.9. The van der Waals surface area contributed by atoms with E-state index in [-0.39, 0.29) is 6.04 Å². The standard InChI is InChI=1S/C15H23BrN2/c1-3-12-6-4-5-9-18(12)13-7-8-14(11(2)17)15(16)10-13/h7-8,10-12H,3-6,9,17H2,1-2H3/t11-,12?/m1/s1. The van der Waals surface area contributed by atoms with Crippen molar-refractivity contribution < 1.29 is 0 Å². The normalized spacial score (nSPS) is 22.0. The monoisotopic (exact) mass is 310 g/mol. The van der Waals surface area contributed by atoms with Crippen LogP contribution in [0.1, 0.15) is 51.1 Å². The molecule has 0 spiro atoms. The Kier molecular flexibility index (Phi) is 4.68. The molecular formula is C15H23BrN2. The third-order valence-electron chi connectivity index (χ3n) is 3.90. The molecule has 2 atom stereocenters. The first-order chi connectivity index (χ1) is 8.63. The van der Waals surface area contributed by atoms with Gasteiger partial charge < -0.3 is 10.6 Å². The molecule has 1 fully saturated rings. The van der Waals surface area contributed by atoms with Crippen LogP contribution >= 0.6 is 15.9 Å². The van der Waals surface area contributed by atoms with Crippen LogP contribution < -0.4 is 10.6 Å². The lowest BCUT2D eigenvalue weighted by atomic mass is 9.98. The Balaban J connectivity index is 2.24. The summed E-state index contributed by atoms with van der Waals surface area (Å²) >= 11 is 3.65. The largest absolute Gasteiger partial charge is 0.369 e. The molecule has 1 aliphatic heterocycles. The summed E-state index contributed by atoms with van der Waals surface area (Å²) in [6.07, 6.45) is 5.23. The van der Waals surface area contributed by atoms with Gasteiger partial charge >= 0.3 is 0 Å². The van der Waals surface area contributed by atoms with Crippen molar-refractivity contribution in [1.82, 2.24) is 0 Å². The molecule has 1 unspecified atom stereocenters. The summed E-state index contributed by atoms with van der Waals surface area (Å²) in [5.74, 6) is 0. The molecule has 100 valence electrons. The van der Waals surface area contributed by atoms with Gasteiger partial charge in [-0.1, -0.05) is 28.9 Å². The maximum absolute atomic E-state index is 5.95. The molecule has 0 aliphatic carbocycles. The molecule has 2 N–H and O–H groups in total. The zero-order chi connectivity index (χ0) is 13.1. The fraction of sp³-hybridized carbons (Fsp3) is 0.600. The summed E-state index contributed by atoms with van der Waals surface area (Å²) in [5, 5.41) is 0. The molecule has 1 saturated heterocycles. The number of nitrogens with zero attached hydrogens (tertiary/aromatic N) is 1. The molecule has 18 heavy (non-hydrogen) atoms. The van der Waals surface area contributed by atoms with E-state index < -0.39 is 0 Å². The molecular weight excluding hydrogens is 288 g/mol. The number of rotatable bonds is 3. The second-order valence-corrected chi connectivity index (χ2v) is 6.10. The Labute approximate surface area is 119 Å². The average molecular weight is 311 g/mol. The first-order valence-corrected chi connectivity index (χ1v) is 7.74. The van der Waals surface area contributed by atoms with Crippen LogP contribution in [0.4, 0.5) is 5.69 Å². The predicted octanol–water partition coefficient (Wildman–Crippen LogP) is 4.24. The molecule has 0 amide bonds. The number of anilines is 1. The molecule has 0 saturated carbocycles. The smallest absolute Gasteiger partial charge is 0.0380 e. The Morgan fingerprint density at radius 1 is 1.44 bits per heavy atom. The van der Waals surface area contributed by atoms with Crippen LogP contribution in [0.5, 0.6) is 0 Å². The highest BCUT2D eigenvalue weighted by Crippen LogP contribution is 2.31. The van der Waals surface area contributed by atoms with Crippen molar-refractivity contribution in [2.75, 3.05) is 11.4 Å². The van der Waals surface area contributed by atoms with Crippen molar-refractivity contribution in [3.63, 3.8) is 0 Å². The molecule has 0 aromatic heterocycles. The lowest BCUT2D eigenvalue weighted by molar-refractivity contribution is 0.450. The molecule has 1 aliphatic rings. The molecule has 2 nitrogen and oxygen atoms in total. The minimum Gasteiger partial charge on any atom is -0.369 e. The maximum Gasteiger partial charge on any atom is 0.0380 e. The Morgan fingerprint density at radius 3 is 2.83 bits per heavy atom. The predicted molar refractivity (Wildman–Crippen MR) is 82.0 cm³/mol. The van der Waals surface area contributed by atoms with Gasteiger partial charge in [0.05, 0.1) is 0 Å². The summed E-state index contributed by atoms with van der Waals surface area (Å²) in [4.78, 5) is 2.55. The average Bonchev–Trinajstić information content (AvgIpc) is 2.38. The second kappa shape index (κ2) is 6.07. The third kappa shape index (κ3) is 2.89. The SMILES string of the molecule is CCC1CCCCN1c1ccc([C@@H](C)N)c(Br)c1. The van der Waals surface area contributed by atoms with E-state index in [9.17, 15) is 0 Å². The summed E-state index contributed by atoms with van der Waals surface area (Å²) in [7, 11) is 0. The molecule has 2 rings (SSSR count). The summed E-state index contributed by atoms with van der Waals surface area (Å²) in [5.41, 5.74) is 8.47. The van der Waals surface area contributed by atoms with Crippen molar-refractivity contribution in [2.24, 2.45) is 5.73 Å². The Morgan fingerprint density at radius 2 is 2.22 bits per heavy atom. The number of benzene rings is 1. The number of nitrogens with two attached hydrogens (primary N) is 1. The van der Waals surface area contributed by atoms with Crippen molar-refractivity contribution in [3.8, 4) is 0 Å². The van der Waals surface area contributed by atoms with Gasteiger partial charge in [-0.15, -0.1) is 0 Å². The van der Waals surface area contributed by atoms with Gasteiger partial charge in [0.15, 0.2) is 0 Å². The third-order valence-corrected chi connectivity index (χ3v) is 4.59. The van der Waals surface area contributed by atoms with Gasteiger partial charge in [0.25, 0.3) is 0 Å². The van der Waals surface area contributed by atoms with Crippen LogP contribution in [0.2, 0.25) is 0 Å². The highest BCUT2D eigenvalue weighted by Gasteiger charge is 2.21. The minimum absolute atomic E-state index is 0.0803. The van der Waals surface area contributed by atoms with Crippen LogP contribution in [0.15, 0.2) is 22.7 Å². The zero-order valence-electron chi connectivity index (χ0n) is 11.3. The van der Waals surface area contributed by atoms with E-state index in [0.29, 0.717) is 6.04 Å².